The number of hydrogen-bond acceptors (Lipinski definition) is 3. The molecule has 0 aliphatic rings. The molecule has 2 amide bonds. The van der Waals surface area contributed by atoms with Gasteiger partial charge in [-0.2, -0.15) is 0 Å². The van der Waals surface area contributed by atoms with E-state index in [1.807, 2.05) is 30.3 Å². The molecule has 0 radical (unpaired) electrons. The summed E-state index contributed by atoms with van der Waals surface area (Å²) < 4.78 is 0. The molecular weight excluding hydrogens is 388 g/mol. The lowest BCUT2D eigenvalue weighted by Crippen LogP contribution is -2.29. The minimum Gasteiger partial charge on any atom is -0.508 e. The maximum Gasteiger partial charge on any atom is 0.314 e. The van der Waals surface area contributed by atoms with Crippen LogP contribution in [-0.4, -0.2) is 16.9 Å². The number of carbonyl (C=O) groups excluding carboxylic acids is 2. The molecule has 4 aromatic carbocycles. The maximum absolute atomic E-state index is 12.1. The van der Waals surface area contributed by atoms with Crippen LogP contribution in [0, 0.1) is 0 Å². The average molecular weight is 408 g/mol. The van der Waals surface area contributed by atoms with Crippen molar-refractivity contribution in [2.24, 2.45) is 0 Å². The second kappa shape index (κ2) is 8.97. The summed E-state index contributed by atoms with van der Waals surface area (Å²) in [6.07, 6.45) is 0. The van der Waals surface area contributed by atoms with Gasteiger partial charge in [0.2, 0.25) is 0 Å². The zero-order valence-corrected chi connectivity index (χ0v) is 16.6. The van der Waals surface area contributed by atoms with Gasteiger partial charge in [-0.05, 0) is 46.5 Å². The van der Waals surface area contributed by atoms with Gasteiger partial charge in [0.05, 0.1) is 0 Å². The lowest BCUT2D eigenvalue weighted by Gasteiger charge is -2.08. The average Bonchev–Trinajstić information content (AvgIpc) is 2.80. The van der Waals surface area contributed by atoms with E-state index < -0.39 is 11.8 Å². The van der Waals surface area contributed by atoms with E-state index in [0.717, 1.165) is 22.3 Å². The van der Waals surface area contributed by atoms with Crippen LogP contribution in [0.5, 0.6) is 5.75 Å². The first-order valence-corrected chi connectivity index (χ1v) is 9.76. The van der Waals surface area contributed by atoms with Crippen LogP contribution < -0.4 is 10.6 Å². The van der Waals surface area contributed by atoms with E-state index in [1.165, 1.54) is 12.1 Å². The molecular formula is C26H20N2O3. The summed E-state index contributed by atoms with van der Waals surface area (Å²) in [7, 11) is 0. The number of benzene rings is 4. The first-order chi connectivity index (χ1) is 15.1. The third kappa shape index (κ3) is 4.97. The highest BCUT2D eigenvalue weighted by atomic mass is 16.3. The van der Waals surface area contributed by atoms with Gasteiger partial charge in [-0.1, -0.05) is 72.8 Å². The van der Waals surface area contributed by atoms with E-state index in [9.17, 15) is 14.7 Å². The zero-order chi connectivity index (χ0) is 21.6. The van der Waals surface area contributed by atoms with Crippen LogP contribution in [0.15, 0.2) is 103 Å². The Labute approximate surface area is 180 Å². The van der Waals surface area contributed by atoms with Gasteiger partial charge in [0.25, 0.3) is 0 Å². The predicted octanol–water partition coefficient (Wildman–Crippen LogP) is 5.30. The highest BCUT2D eigenvalue weighted by Gasteiger charge is 2.14. The quantitative estimate of drug-likeness (QED) is 0.401. The molecule has 0 bridgehead atoms. The lowest BCUT2D eigenvalue weighted by atomic mass is 10.0. The third-order valence-corrected chi connectivity index (χ3v) is 4.78. The number of amides is 2. The number of carbonyl (C=O) groups is 2. The fourth-order valence-electron chi connectivity index (χ4n) is 3.19. The molecule has 0 unspecified atom stereocenters. The van der Waals surface area contributed by atoms with Crippen molar-refractivity contribution in [1.29, 1.82) is 0 Å². The lowest BCUT2D eigenvalue weighted by molar-refractivity contribution is -0.132. The molecule has 0 saturated carbocycles. The van der Waals surface area contributed by atoms with Crippen LogP contribution in [0.1, 0.15) is 0 Å². The summed E-state index contributed by atoms with van der Waals surface area (Å²) in [5.74, 6) is -1.60. The Balaban J connectivity index is 1.40. The molecule has 5 heteroatoms. The Hall–Kier alpha value is -4.38. The monoisotopic (exact) mass is 408 g/mol. The number of anilines is 2. The van der Waals surface area contributed by atoms with Crippen molar-refractivity contribution in [2.45, 2.75) is 0 Å². The van der Waals surface area contributed by atoms with E-state index in [-0.39, 0.29) is 5.75 Å². The molecule has 0 aliphatic carbocycles. The largest absolute Gasteiger partial charge is 0.508 e. The molecule has 4 rings (SSSR count). The van der Waals surface area contributed by atoms with Gasteiger partial charge in [0.15, 0.2) is 0 Å². The van der Waals surface area contributed by atoms with Crippen molar-refractivity contribution < 1.29 is 14.7 Å². The number of aromatic hydroxyl groups is 1. The van der Waals surface area contributed by atoms with E-state index in [4.69, 9.17) is 0 Å². The minimum absolute atomic E-state index is 0.00518. The summed E-state index contributed by atoms with van der Waals surface area (Å²) in [5, 5.41) is 14.5. The summed E-state index contributed by atoms with van der Waals surface area (Å²) >= 11 is 0. The van der Waals surface area contributed by atoms with Gasteiger partial charge >= 0.3 is 11.8 Å². The van der Waals surface area contributed by atoms with Crippen molar-refractivity contribution in [2.75, 3.05) is 10.6 Å². The van der Waals surface area contributed by atoms with Gasteiger partial charge < -0.3 is 15.7 Å². The third-order valence-electron chi connectivity index (χ3n) is 4.78. The fraction of sp³-hybridized carbons (Fsp3) is 0. The topological polar surface area (TPSA) is 78.4 Å². The van der Waals surface area contributed by atoms with Crippen LogP contribution in [0.3, 0.4) is 0 Å². The maximum atomic E-state index is 12.1. The minimum atomic E-state index is -0.814. The number of phenols is 1. The van der Waals surface area contributed by atoms with Crippen LogP contribution in [-0.2, 0) is 9.59 Å². The molecule has 152 valence electrons. The number of nitrogens with one attached hydrogen (secondary N) is 2. The van der Waals surface area contributed by atoms with Crippen molar-refractivity contribution in [3.63, 3.8) is 0 Å². The summed E-state index contributed by atoms with van der Waals surface area (Å²) in [6.45, 7) is 0. The highest BCUT2D eigenvalue weighted by Crippen LogP contribution is 2.26. The Morgan fingerprint density at radius 3 is 1.55 bits per heavy atom. The van der Waals surface area contributed by atoms with Crippen LogP contribution in [0.25, 0.3) is 22.3 Å². The van der Waals surface area contributed by atoms with Gasteiger partial charge in [-0.15, -0.1) is 0 Å². The smallest absolute Gasteiger partial charge is 0.314 e. The number of rotatable bonds is 4. The normalized spacial score (nSPS) is 10.3. The van der Waals surface area contributed by atoms with Gasteiger partial charge in [0.1, 0.15) is 5.75 Å². The molecule has 3 N–H and O–H groups in total. The first-order valence-electron chi connectivity index (χ1n) is 9.76. The second-order valence-electron chi connectivity index (χ2n) is 6.98. The Morgan fingerprint density at radius 1 is 0.516 bits per heavy atom. The van der Waals surface area contributed by atoms with Crippen molar-refractivity contribution in [1.82, 2.24) is 0 Å². The van der Waals surface area contributed by atoms with Crippen molar-refractivity contribution >= 4 is 23.2 Å². The summed E-state index contributed by atoms with van der Waals surface area (Å²) in [5.41, 5.74) is 5.22. The SMILES string of the molecule is O=C(Nc1ccc(-c2ccc(-c3ccccc3)cc2)cc1)C(=O)Nc1cccc(O)c1. The van der Waals surface area contributed by atoms with Crippen LogP contribution >= 0.6 is 0 Å². The summed E-state index contributed by atoms with van der Waals surface area (Å²) in [4.78, 5) is 24.2. The highest BCUT2D eigenvalue weighted by molar-refractivity contribution is 6.43. The summed E-state index contributed by atoms with van der Waals surface area (Å²) in [6, 6.07) is 31.7. The molecule has 0 fully saturated rings. The fourth-order valence-corrected chi connectivity index (χ4v) is 3.19. The van der Waals surface area contributed by atoms with E-state index in [2.05, 4.69) is 47.0 Å². The van der Waals surface area contributed by atoms with E-state index in [0.29, 0.717) is 11.4 Å². The molecule has 0 aromatic heterocycles. The van der Waals surface area contributed by atoms with Gasteiger partial charge in [0, 0.05) is 17.4 Å². The Bertz CT molecular complexity index is 1200. The van der Waals surface area contributed by atoms with Crippen molar-refractivity contribution in [3.8, 4) is 28.0 Å². The van der Waals surface area contributed by atoms with Gasteiger partial charge in [-0.3, -0.25) is 9.59 Å². The van der Waals surface area contributed by atoms with E-state index in [1.54, 1.807) is 24.3 Å². The van der Waals surface area contributed by atoms with Gasteiger partial charge in [-0.25, -0.2) is 0 Å². The van der Waals surface area contributed by atoms with E-state index >= 15 is 0 Å². The number of phenolic OH excluding ortho intramolecular Hbond substituents is 1. The molecule has 0 heterocycles. The molecule has 0 atom stereocenters. The molecule has 5 nitrogen and oxygen atoms in total. The molecule has 0 saturated heterocycles. The zero-order valence-electron chi connectivity index (χ0n) is 16.6. The first kappa shape index (κ1) is 19.9. The van der Waals surface area contributed by atoms with Crippen LogP contribution in [0.2, 0.25) is 0 Å². The molecule has 31 heavy (non-hydrogen) atoms. The second-order valence-corrected chi connectivity index (χ2v) is 6.98. The van der Waals surface area contributed by atoms with Crippen LogP contribution in [0.4, 0.5) is 11.4 Å². The standard InChI is InChI=1S/C26H20N2O3/c29-24-8-4-7-23(17-24)28-26(31)25(30)27-22-15-13-21(14-16-22)20-11-9-19(10-12-20)18-5-2-1-3-6-18/h1-17,29H,(H,27,30)(H,28,31). The molecule has 4 aromatic rings. The van der Waals surface area contributed by atoms with Crippen molar-refractivity contribution in [3.05, 3.63) is 103 Å². The number of hydrogen-bond donors (Lipinski definition) is 3. The Morgan fingerprint density at radius 2 is 1.00 bits per heavy atom. The molecule has 0 spiro atoms. The predicted molar refractivity (Wildman–Crippen MR) is 123 cm³/mol. The molecule has 0 aliphatic heterocycles. The Kier molecular flexibility index (Phi) is 5.76.